The minimum absolute atomic E-state index is 0.285. The van der Waals surface area contributed by atoms with E-state index in [1.807, 2.05) is 13.8 Å². The van der Waals surface area contributed by atoms with E-state index in [4.69, 9.17) is 9.47 Å². The summed E-state index contributed by atoms with van der Waals surface area (Å²) in [4.78, 5) is 11.7. The molecule has 0 bridgehead atoms. The quantitative estimate of drug-likeness (QED) is 0.633. The Morgan fingerprint density at radius 1 is 1.21 bits per heavy atom. The van der Waals surface area contributed by atoms with Gasteiger partial charge in [0.2, 0.25) is 0 Å². The van der Waals surface area contributed by atoms with Crippen molar-refractivity contribution in [1.29, 1.82) is 0 Å². The zero-order valence-corrected chi connectivity index (χ0v) is 11.7. The minimum atomic E-state index is -0.613. The van der Waals surface area contributed by atoms with Crippen LogP contribution < -0.4 is 14.9 Å². The van der Waals surface area contributed by atoms with Gasteiger partial charge in [0.15, 0.2) is 6.10 Å². The first-order valence-corrected chi connectivity index (χ1v) is 6.16. The van der Waals surface area contributed by atoms with Gasteiger partial charge in [-0.05, 0) is 37.1 Å². The average molecular weight is 264 g/mol. The van der Waals surface area contributed by atoms with Crippen LogP contribution in [0, 0.1) is 5.92 Å². The number of nitrogens with one attached hydrogen (secondary N) is 1. The van der Waals surface area contributed by atoms with Gasteiger partial charge >= 0.3 is 0 Å². The first-order valence-electron chi connectivity index (χ1n) is 6.16. The van der Waals surface area contributed by atoms with Crippen LogP contribution in [0.4, 0.5) is 0 Å². The van der Waals surface area contributed by atoms with Crippen molar-refractivity contribution in [3.8, 4) is 11.5 Å². The zero-order chi connectivity index (χ0) is 14.3. The van der Waals surface area contributed by atoms with E-state index in [9.17, 15) is 4.79 Å². The first-order chi connectivity index (χ1) is 9.02. The molecule has 19 heavy (non-hydrogen) atoms. The topological polar surface area (TPSA) is 59.9 Å². The fourth-order valence-corrected chi connectivity index (χ4v) is 1.25. The third-order valence-electron chi connectivity index (χ3n) is 2.29. The Hall–Kier alpha value is -2.04. The number of carbonyl (C=O) groups is 1. The van der Waals surface area contributed by atoms with Gasteiger partial charge in [-0.3, -0.25) is 4.79 Å². The number of amides is 1. The van der Waals surface area contributed by atoms with Crippen molar-refractivity contribution in [3.63, 3.8) is 0 Å². The highest BCUT2D eigenvalue weighted by Crippen LogP contribution is 2.18. The molecule has 0 spiro atoms. The lowest BCUT2D eigenvalue weighted by atomic mass is 10.3. The standard InChI is InChI=1S/C14H20N2O3/c1-10(2)9-15-16-14(17)11(3)19-13-7-5-12(18-4)6-8-13/h5-11H,1-4H3,(H,16,17)/b15-9+. The van der Waals surface area contributed by atoms with Gasteiger partial charge in [-0.2, -0.15) is 5.10 Å². The summed E-state index contributed by atoms with van der Waals surface area (Å²) in [5, 5.41) is 3.84. The molecule has 0 heterocycles. The molecule has 1 N–H and O–H groups in total. The molecule has 0 saturated heterocycles. The van der Waals surface area contributed by atoms with Crippen LogP contribution in [-0.2, 0) is 4.79 Å². The molecule has 0 aromatic heterocycles. The lowest BCUT2D eigenvalue weighted by molar-refractivity contribution is -0.127. The SMILES string of the molecule is COc1ccc(OC(C)C(=O)N/N=C/C(C)C)cc1. The van der Waals surface area contributed by atoms with Crippen LogP contribution in [0.2, 0.25) is 0 Å². The highest BCUT2D eigenvalue weighted by Gasteiger charge is 2.13. The van der Waals surface area contributed by atoms with Gasteiger partial charge in [0, 0.05) is 6.21 Å². The molecule has 104 valence electrons. The third-order valence-corrected chi connectivity index (χ3v) is 2.29. The summed E-state index contributed by atoms with van der Waals surface area (Å²) in [7, 11) is 1.60. The van der Waals surface area contributed by atoms with E-state index in [-0.39, 0.29) is 11.8 Å². The fourth-order valence-electron chi connectivity index (χ4n) is 1.25. The predicted octanol–water partition coefficient (Wildman–Crippen LogP) is 2.22. The maximum Gasteiger partial charge on any atom is 0.280 e. The number of methoxy groups -OCH3 is 1. The first kappa shape index (κ1) is 15.0. The van der Waals surface area contributed by atoms with Crippen molar-refractivity contribution in [2.45, 2.75) is 26.9 Å². The Morgan fingerprint density at radius 3 is 2.32 bits per heavy atom. The molecule has 1 aromatic carbocycles. The molecule has 0 fully saturated rings. The normalized spacial score (nSPS) is 12.5. The Labute approximate surface area is 113 Å². The summed E-state index contributed by atoms with van der Waals surface area (Å²) in [5.41, 5.74) is 2.44. The zero-order valence-electron chi connectivity index (χ0n) is 11.7. The molecule has 1 atom stereocenters. The minimum Gasteiger partial charge on any atom is -0.497 e. The van der Waals surface area contributed by atoms with E-state index in [1.165, 1.54) is 0 Å². The second kappa shape index (κ2) is 7.41. The lowest BCUT2D eigenvalue weighted by Crippen LogP contribution is -2.33. The molecule has 1 rings (SSSR count). The Kier molecular flexibility index (Phi) is 5.85. The monoisotopic (exact) mass is 264 g/mol. The van der Waals surface area contributed by atoms with Crippen LogP contribution >= 0.6 is 0 Å². The predicted molar refractivity (Wildman–Crippen MR) is 74.6 cm³/mol. The van der Waals surface area contributed by atoms with Crippen molar-refractivity contribution >= 4 is 12.1 Å². The number of ether oxygens (including phenoxy) is 2. The number of hydrogen-bond donors (Lipinski definition) is 1. The number of hydrogen-bond acceptors (Lipinski definition) is 4. The van der Waals surface area contributed by atoms with Gasteiger partial charge in [0.25, 0.3) is 5.91 Å². The highest BCUT2D eigenvalue weighted by molar-refractivity contribution is 5.81. The van der Waals surface area contributed by atoms with Gasteiger partial charge in [0.05, 0.1) is 7.11 Å². The van der Waals surface area contributed by atoms with Crippen LogP contribution in [0.25, 0.3) is 0 Å². The largest absolute Gasteiger partial charge is 0.497 e. The smallest absolute Gasteiger partial charge is 0.280 e. The number of rotatable bonds is 6. The molecule has 0 aliphatic heterocycles. The molecule has 5 nitrogen and oxygen atoms in total. The van der Waals surface area contributed by atoms with E-state index in [0.29, 0.717) is 5.75 Å². The molecular formula is C14H20N2O3. The Balaban J connectivity index is 2.48. The summed E-state index contributed by atoms with van der Waals surface area (Å²) in [6, 6.07) is 7.05. The fraction of sp³-hybridized carbons (Fsp3) is 0.429. The number of nitrogens with zero attached hydrogens (tertiary/aromatic N) is 1. The molecule has 0 saturated carbocycles. The summed E-state index contributed by atoms with van der Waals surface area (Å²) in [6.07, 6.45) is 1.05. The average Bonchev–Trinajstić information content (AvgIpc) is 2.39. The van der Waals surface area contributed by atoms with Gasteiger partial charge in [-0.25, -0.2) is 5.43 Å². The maximum atomic E-state index is 11.7. The molecule has 1 aromatic rings. The van der Waals surface area contributed by atoms with E-state index in [0.717, 1.165) is 5.75 Å². The van der Waals surface area contributed by atoms with E-state index >= 15 is 0 Å². The molecule has 0 aliphatic carbocycles. The van der Waals surface area contributed by atoms with Gasteiger partial charge in [-0.1, -0.05) is 13.8 Å². The second-order valence-corrected chi connectivity index (χ2v) is 4.43. The van der Waals surface area contributed by atoms with Crippen molar-refractivity contribution < 1.29 is 14.3 Å². The summed E-state index contributed by atoms with van der Waals surface area (Å²) in [6.45, 7) is 5.63. The third kappa shape index (κ3) is 5.42. The van der Waals surface area contributed by atoms with Gasteiger partial charge < -0.3 is 9.47 Å². The van der Waals surface area contributed by atoms with Gasteiger partial charge in [-0.15, -0.1) is 0 Å². The van der Waals surface area contributed by atoms with Crippen LogP contribution in [0.15, 0.2) is 29.4 Å². The summed E-state index contributed by atoms with van der Waals surface area (Å²) < 4.78 is 10.5. The van der Waals surface area contributed by atoms with Crippen LogP contribution in [0.1, 0.15) is 20.8 Å². The van der Waals surface area contributed by atoms with Gasteiger partial charge in [0.1, 0.15) is 11.5 Å². The Bertz CT molecular complexity index is 427. The number of benzene rings is 1. The van der Waals surface area contributed by atoms with Crippen molar-refractivity contribution in [2.75, 3.05) is 7.11 Å². The molecular weight excluding hydrogens is 244 g/mol. The highest BCUT2D eigenvalue weighted by atomic mass is 16.5. The molecule has 0 aliphatic rings. The van der Waals surface area contributed by atoms with Crippen LogP contribution in [-0.4, -0.2) is 25.3 Å². The van der Waals surface area contributed by atoms with Crippen molar-refractivity contribution in [3.05, 3.63) is 24.3 Å². The molecule has 1 amide bonds. The summed E-state index contributed by atoms with van der Waals surface area (Å²) in [5.74, 6) is 1.35. The van der Waals surface area contributed by atoms with E-state index < -0.39 is 6.10 Å². The van der Waals surface area contributed by atoms with Crippen molar-refractivity contribution in [2.24, 2.45) is 11.0 Å². The molecule has 5 heteroatoms. The van der Waals surface area contributed by atoms with E-state index in [2.05, 4.69) is 10.5 Å². The lowest BCUT2D eigenvalue weighted by Gasteiger charge is -2.13. The molecule has 0 radical (unpaired) electrons. The van der Waals surface area contributed by atoms with Crippen LogP contribution in [0.3, 0.4) is 0 Å². The molecule has 1 unspecified atom stereocenters. The van der Waals surface area contributed by atoms with E-state index in [1.54, 1.807) is 44.5 Å². The number of hydrazone groups is 1. The second-order valence-electron chi connectivity index (χ2n) is 4.43. The number of carbonyl (C=O) groups excluding carboxylic acids is 1. The van der Waals surface area contributed by atoms with Crippen molar-refractivity contribution in [1.82, 2.24) is 5.43 Å². The maximum absolute atomic E-state index is 11.7. The summed E-state index contributed by atoms with van der Waals surface area (Å²) >= 11 is 0. The van der Waals surface area contributed by atoms with Crippen LogP contribution in [0.5, 0.6) is 11.5 Å². The Morgan fingerprint density at radius 2 is 1.79 bits per heavy atom.